The van der Waals surface area contributed by atoms with E-state index in [0.717, 1.165) is 41.0 Å². The molecular weight excluding hydrogens is 491 g/mol. The van der Waals surface area contributed by atoms with E-state index in [4.69, 9.17) is 4.74 Å². The lowest BCUT2D eigenvalue weighted by molar-refractivity contribution is 0.322. The number of halogens is 1. The SMILES string of the molecule is CCNC(=NCc1ccc(-n2nc(C)cc2C)nc1)NCCOc1ccccc1.I. The van der Waals surface area contributed by atoms with Gasteiger partial charge in [-0.05, 0) is 50.6 Å². The van der Waals surface area contributed by atoms with E-state index in [2.05, 4.69) is 25.7 Å². The van der Waals surface area contributed by atoms with E-state index in [1.54, 1.807) is 0 Å². The Kier molecular flexibility index (Phi) is 9.59. The summed E-state index contributed by atoms with van der Waals surface area (Å²) in [5.74, 6) is 2.43. The van der Waals surface area contributed by atoms with Crippen molar-refractivity contribution < 1.29 is 4.74 Å². The number of hydrogen-bond donors (Lipinski definition) is 2. The summed E-state index contributed by atoms with van der Waals surface area (Å²) < 4.78 is 7.55. The summed E-state index contributed by atoms with van der Waals surface area (Å²) >= 11 is 0. The lowest BCUT2D eigenvalue weighted by Crippen LogP contribution is -2.39. The van der Waals surface area contributed by atoms with Crippen LogP contribution in [0, 0.1) is 13.8 Å². The fraction of sp³-hybridized carbons (Fsp3) is 0.318. The van der Waals surface area contributed by atoms with E-state index in [0.29, 0.717) is 19.7 Å². The number of nitrogens with one attached hydrogen (secondary N) is 2. The second kappa shape index (κ2) is 12.2. The molecule has 0 unspecified atom stereocenters. The molecular formula is C22H29IN6O. The third kappa shape index (κ3) is 7.01. The van der Waals surface area contributed by atoms with E-state index < -0.39 is 0 Å². The van der Waals surface area contributed by atoms with Crippen LogP contribution < -0.4 is 15.4 Å². The molecule has 8 heteroatoms. The standard InChI is InChI=1S/C22H28N6O.HI/c1-4-23-22(24-12-13-29-20-8-6-5-7-9-20)26-16-19-10-11-21(25-15-19)28-18(3)14-17(2)27-28;/h5-11,14-15H,4,12-13,16H2,1-3H3,(H2,23,24,26);1H. The van der Waals surface area contributed by atoms with Crippen molar-refractivity contribution in [2.75, 3.05) is 19.7 Å². The summed E-state index contributed by atoms with van der Waals surface area (Å²) in [5.41, 5.74) is 3.08. The number of ether oxygens (including phenoxy) is 1. The third-order valence-electron chi connectivity index (χ3n) is 4.21. The molecule has 2 heterocycles. The topological polar surface area (TPSA) is 76.4 Å². The third-order valence-corrected chi connectivity index (χ3v) is 4.21. The second-order valence-electron chi connectivity index (χ2n) is 6.65. The van der Waals surface area contributed by atoms with Crippen molar-refractivity contribution in [2.45, 2.75) is 27.3 Å². The van der Waals surface area contributed by atoms with Gasteiger partial charge in [0.2, 0.25) is 0 Å². The van der Waals surface area contributed by atoms with Gasteiger partial charge in [0.15, 0.2) is 11.8 Å². The number of aryl methyl sites for hydroxylation is 2. The molecule has 0 aliphatic carbocycles. The molecule has 3 aromatic rings. The smallest absolute Gasteiger partial charge is 0.191 e. The molecule has 3 rings (SSSR count). The van der Waals surface area contributed by atoms with Crippen molar-refractivity contribution in [1.29, 1.82) is 0 Å². The van der Waals surface area contributed by atoms with Crippen LogP contribution in [0.3, 0.4) is 0 Å². The molecule has 0 radical (unpaired) electrons. The Bertz CT molecular complexity index is 925. The van der Waals surface area contributed by atoms with Gasteiger partial charge in [-0.1, -0.05) is 24.3 Å². The van der Waals surface area contributed by atoms with Gasteiger partial charge < -0.3 is 15.4 Å². The van der Waals surface area contributed by atoms with E-state index in [-0.39, 0.29) is 24.0 Å². The Morgan fingerprint density at radius 3 is 2.53 bits per heavy atom. The zero-order chi connectivity index (χ0) is 20.5. The minimum Gasteiger partial charge on any atom is -0.492 e. The van der Waals surface area contributed by atoms with Crippen LogP contribution in [0.1, 0.15) is 23.9 Å². The van der Waals surface area contributed by atoms with Crippen LogP contribution in [-0.2, 0) is 6.54 Å². The predicted molar refractivity (Wildman–Crippen MR) is 131 cm³/mol. The van der Waals surface area contributed by atoms with Crippen LogP contribution in [-0.4, -0.2) is 40.4 Å². The molecule has 0 saturated heterocycles. The number of para-hydroxylation sites is 1. The predicted octanol–water partition coefficient (Wildman–Crippen LogP) is 3.64. The van der Waals surface area contributed by atoms with Gasteiger partial charge in [0.25, 0.3) is 0 Å². The highest BCUT2D eigenvalue weighted by atomic mass is 127. The van der Waals surface area contributed by atoms with Crippen molar-refractivity contribution in [3.8, 4) is 11.6 Å². The molecule has 30 heavy (non-hydrogen) atoms. The van der Waals surface area contributed by atoms with Gasteiger partial charge in [0.05, 0.1) is 18.8 Å². The molecule has 0 aliphatic heterocycles. The van der Waals surface area contributed by atoms with Gasteiger partial charge in [-0.2, -0.15) is 5.10 Å². The number of benzene rings is 1. The first kappa shape index (κ1) is 23.7. The molecule has 1 aromatic carbocycles. The minimum absolute atomic E-state index is 0. The van der Waals surface area contributed by atoms with Crippen molar-refractivity contribution in [3.05, 3.63) is 71.7 Å². The van der Waals surface area contributed by atoms with E-state index >= 15 is 0 Å². The van der Waals surface area contributed by atoms with Crippen LogP contribution in [0.15, 0.2) is 59.7 Å². The highest BCUT2D eigenvalue weighted by molar-refractivity contribution is 14.0. The number of rotatable bonds is 8. The van der Waals surface area contributed by atoms with E-state index in [9.17, 15) is 0 Å². The highest BCUT2D eigenvalue weighted by Gasteiger charge is 2.05. The van der Waals surface area contributed by atoms with Crippen LogP contribution >= 0.6 is 24.0 Å². The van der Waals surface area contributed by atoms with Gasteiger partial charge in [-0.15, -0.1) is 24.0 Å². The van der Waals surface area contributed by atoms with Gasteiger partial charge >= 0.3 is 0 Å². The summed E-state index contributed by atoms with van der Waals surface area (Å²) in [5, 5.41) is 11.0. The van der Waals surface area contributed by atoms with Crippen molar-refractivity contribution >= 4 is 29.9 Å². The summed E-state index contributed by atoms with van der Waals surface area (Å²) in [7, 11) is 0. The van der Waals surface area contributed by atoms with Crippen LogP contribution in [0.2, 0.25) is 0 Å². The Hall–Kier alpha value is -2.62. The second-order valence-corrected chi connectivity index (χ2v) is 6.65. The van der Waals surface area contributed by atoms with Crippen molar-refractivity contribution in [1.82, 2.24) is 25.4 Å². The Labute approximate surface area is 195 Å². The first-order chi connectivity index (χ1) is 14.2. The van der Waals surface area contributed by atoms with Crippen LogP contribution in [0.25, 0.3) is 5.82 Å². The summed E-state index contributed by atoms with van der Waals surface area (Å²) in [6.07, 6.45) is 1.84. The average Bonchev–Trinajstić information content (AvgIpc) is 3.08. The maximum atomic E-state index is 5.70. The molecule has 0 amide bonds. The molecule has 0 aliphatic rings. The number of pyridine rings is 1. The molecule has 0 saturated carbocycles. The van der Waals surface area contributed by atoms with Gasteiger partial charge in [-0.3, -0.25) is 0 Å². The number of nitrogens with zero attached hydrogens (tertiary/aromatic N) is 4. The van der Waals surface area contributed by atoms with Crippen LogP contribution in [0.4, 0.5) is 0 Å². The largest absolute Gasteiger partial charge is 0.492 e. The van der Waals surface area contributed by atoms with Gasteiger partial charge in [-0.25, -0.2) is 14.7 Å². The maximum Gasteiger partial charge on any atom is 0.191 e. The molecule has 0 atom stereocenters. The fourth-order valence-electron chi connectivity index (χ4n) is 2.86. The van der Waals surface area contributed by atoms with Crippen LogP contribution in [0.5, 0.6) is 5.75 Å². The molecule has 7 nitrogen and oxygen atoms in total. The molecule has 0 bridgehead atoms. The zero-order valence-electron chi connectivity index (χ0n) is 17.6. The Balaban J connectivity index is 0.00000320. The number of guanidine groups is 1. The lowest BCUT2D eigenvalue weighted by atomic mass is 10.3. The van der Waals surface area contributed by atoms with E-state index in [1.165, 1.54) is 0 Å². The van der Waals surface area contributed by atoms with Crippen molar-refractivity contribution in [2.24, 2.45) is 4.99 Å². The molecule has 2 N–H and O–H groups in total. The monoisotopic (exact) mass is 520 g/mol. The minimum atomic E-state index is 0. The Morgan fingerprint density at radius 1 is 1.10 bits per heavy atom. The quantitative estimate of drug-likeness (QED) is 0.205. The normalized spacial score (nSPS) is 11.0. The van der Waals surface area contributed by atoms with E-state index in [1.807, 2.05) is 80.2 Å². The number of hydrogen-bond acceptors (Lipinski definition) is 4. The maximum absolute atomic E-state index is 5.70. The molecule has 160 valence electrons. The first-order valence-electron chi connectivity index (χ1n) is 9.84. The van der Waals surface area contributed by atoms with Crippen molar-refractivity contribution in [3.63, 3.8) is 0 Å². The summed E-state index contributed by atoms with van der Waals surface area (Å²) in [6, 6.07) is 15.8. The number of aromatic nitrogens is 3. The fourth-order valence-corrected chi connectivity index (χ4v) is 2.86. The molecule has 2 aromatic heterocycles. The van der Waals surface area contributed by atoms with Gasteiger partial charge in [0, 0.05) is 18.4 Å². The Morgan fingerprint density at radius 2 is 1.90 bits per heavy atom. The highest BCUT2D eigenvalue weighted by Crippen LogP contribution is 2.11. The summed E-state index contributed by atoms with van der Waals surface area (Å²) in [4.78, 5) is 9.16. The average molecular weight is 520 g/mol. The zero-order valence-corrected chi connectivity index (χ0v) is 20.0. The van der Waals surface area contributed by atoms with Gasteiger partial charge in [0.1, 0.15) is 12.4 Å². The lowest BCUT2D eigenvalue weighted by Gasteiger charge is -2.12. The summed E-state index contributed by atoms with van der Waals surface area (Å²) in [6.45, 7) is 8.61. The molecule has 0 spiro atoms. The number of aliphatic imine (C=N–C) groups is 1. The first-order valence-corrected chi connectivity index (χ1v) is 9.84. The molecule has 0 fully saturated rings.